The normalized spacial score (nSPS) is 25.3. The first kappa shape index (κ1) is 22.8. The minimum atomic E-state index is -2.05. The van der Waals surface area contributed by atoms with Crippen LogP contribution in [0.1, 0.15) is 74.3 Å². The van der Waals surface area contributed by atoms with Gasteiger partial charge in [-0.2, -0.15) is 0 Å². The van der Waals surface area contributed by atoms with Gasteiger partial charge in [-0.25, -0.2) is 14.0 Å². The molecule has 2 atom stereocenters. The summed E-state index contributed by atoms with van der Waals surface area (Å²) in [7, 11) is 0. The minimum absolute atomic E-state index is 0.00118. The predicted octanol–water partition coefficient (Wildman–Crippen LogP) is 3.67. The van der Waals surface area contributed by atoms with Gasteiger partial charge in [0.05, 0.1) is 12.3 Å². The first-order valence-electron chi connectivity index (χ1n) is 12.3. The van der Waals surface area contributed by atoms with Crippen molar-refractivity contribution in [3.05, 3.63) is 68.3 Å². The number of esters is 1. The molecule has 4 heterocycles. The van der Waals surface area contributed by atoms with Gasteiger partial charge in [0.1, 0.15) is 33.9 Å². The summed E-state index contributed by atoms with van der Waals surface area (Å²) in [5.74, 6) is -2.13. The molecule has 0 radical (unpaired) electrons. The van der Waals surface area contributed by atoms with Crippen molar-refractivity contribution in [3.63, 3.8) is 0 Å². The summed E-state index contributed by atoms with van der Waals surface area (Å²) in [6, 6.07) is 4.13. The van der Waals surface area contributed by atoms with Crippen LogP contribution >= 0.6 is 0 Å². The third kappa shape index (κ3) is 2.66. The van der Waals surface area contributed by atoms with Crippen molar-refractivity contribution >= 4 is 17.6 Å². The second-order valence-electron chi connectivity index (χ2n) is 10.3. The highest BCUT2D eigenvalue weighted by Gasteiger charge is 2.67. The number of aryl methyl sites for hydroxylation is 1. The number of hydrogen-bond donors (Lipinski definition) is 1. The van der Waals surface area contributed by atoms with E-state index < -0.39 is 34.3 Å². The third-order valence-electron chi connectivity index (χ3n) is 8.22. The highest BCUT2D eigenvalue weighted by Crippen LogP contribution is 2.62. The third-order valence-corrected chi connectivity index (χ3v) is 8.22. The van der Waals surface area contributed by atoms with Crippen LogP contribution in [-0.4, -0.2) is 24.0 Å². The van der Waals surface area contributed by atoms with E-state index in [0.717, 1.165) is 25.7 Å². The molecule has 2 aromatic rings. The van der Waals surface area contributed by atoms with Gasteiger partial charge in [-0.1, -0.05) is 19.8 Å². The SMILES string of the molecule is CCOC(=O)C1=C(N)Oc2cc(C)oc(=O)c2C12C(=O)N1c3c(cc(F)cc32)C(C)CC12CCCC2. The Labute approximate surface area is 206 Å². The van der Waals surface area contributed by atoms with Gasteiger partial charge in [-0.05, 0) is 56.7 Å². The molecule has 1 aliphatic carbocycles. The smallest absolute Gasteiger partial charge is 0.344 e. The van der Waals surface area contributed by atoms with Crippen molar-refractivity contribution in [2.75, 3.05) is 11.5 Å². The van der Waals surface area contributed by atoms with Crippen molar-refractivity contribution in [2.24, 2.45) is 5.73 Å². The highest BCUT2D eigenvalue weighted by atomic mass is 19.1. The van der Waals surface area contributed by atoms with Gasteiger partial charge >= 0.3 is 11.6 Å². The van der Waals surface area contributed by atoms with Gasteiger partial charge in [0.2, 0.25) is 11.8 Å². The number of nitrogens with two attached hydrogens (primary N) is 1. The van der Waals surface area contributed by atoms with Crippen LogP contribution < -0.4 is 21.0 Å². The van der Waals surface area contributed by atoms with E-state index >= 15 is 4.39 Å². The van der Waals surface area contributed by atoms with Crippen molar-refractivity contribution in [3.8, 4) is 5.75 Å². The van der Waals surface area contributed by atoms with E-state index in [1.165, 1.54) is 18.2 Å². The minimum Gasteiger partial charge on any atom is -0.462 e. The first-order valence-corrected chi connectivity index (χ1v) is 12.3. The quantitative estimate of drug-likeness (QED) is 0.634. The first-order chi connectivity index (χ1) is 17.2. The van der Waals surface area contributed by atoms with Crippen LogP contribution in [0.2, 0.25) is 0 Å². The van der Waals surface area contributed by atoms with Crippen LogP contribution in [0.15, 0.2) is 38.9 Å². The van der Waals surface area contributed by atoms with Gasteiger partial charge in [-0.3, -0.25) is 4.79 Å². The number of hydrogen-bond acceptors (Lipinski definition) is 7. The molecule has 2 spiro atoms. The number of fused-ring (bicyclic) bond motifs is 4. The standard InChI is InChI=1S/C27H27FN2O6/c1-4-34-23(31)20-22(29)36-18-9-14(3)35-24(32)19(18)27(20)17-11-15(28)10-16-13(2)12-26(7-5-6-8-26)30(21(16)17)25(27)33/h9-11,13H,4-8,12,29H2,1-3H3. The van der Waals surface area contributed by atoms with E-state index in [1.54, 1.807) is 18.7 Å². The zero-order chi connectivity index (χ0) is 25.6. The monoisotopic (exact) mass is 494 g/mol. The molecule has 1 aromatic carbocycles. The molecule has 8 nitrogen and oxygen atoms in total. The average molecular weight is 495 g/mol. The Morgan fingerprint density at radius 1 is 1.25 bits per heavy atom. The molecule has 0 saturated heterocycles. The lowest BCUT2D eigenvalue weighted by molar-refractivity contribution is -0.141. The summed E-state index contributed by atoms with van der Waals surface area (Å²) < 4.78 is 31.7. The molecule has 0 bridgehead atoms. The van der Waals surface area contributed by atoms with Crippen LogP contribution in [0.4, 0.5) is 10.1 Å². The number of ether oxygens (including phenoxy) is 2. The lowest BCUT2D eigenvalue weighted by atomic mass is 9.68. The van der Waals surface area contributed by atoms with E-state index in [9.17, 15) is 14.4 Å². The molecule has 2 N–H and O–H groups in total. The maximum Gasteiger partial charge on any atom is 0.344 e. The number of benzene rings is 1. The lowest BCUT2D eigenvalue weighted by Crippen LogP contribution is -2.57. The molecule has 1 fully saturated rings. The van der Waals surface area contributed by atoms with Gasteiger partial charge < -0.3 is 24.5 Å². The number of carbonyl (C=O) groups is 2. The number of halogens is 1. The van der Waals surface area contributed by atoms with Gasteiger partial charge in [0.25, 0.3) is 0 Å². The average Bonchev–Trinajstić information content (AvgIpc) is 3.34. The topological polar surface area (TPSA) is 112 Å². The van der Waals surface area contributed by atoms with Crippen molar-refractivity contribution in [2.45, 2.75) is 69.7 Å². The fraction of sp³-hybridized carbons (Fsp3) is 0.444. The van der Waals surface area contributed by atoms with Crippen LogP contribution in [0.5, 0.6) is 5.75 Å². The summed E-state index contributed by atoms with van der Waals surface area (Å²) in [6.07, 6.45) is 4.09. The lowest BCUT2D eigenvalue weighted by Gasteiger charge is -2.46. The number of amides is 1. The summed E-state index contributed by atoms with van der Waals surface area (Å²) in [5, 5.41) is 0. The van der Waals surface area contributed by atoms with Crippen molar-refractivity contribution < 1.29 is 27.9 Å². The van der Waals surface area contributed by atoms with E-state index in [2.05, 4.69) is 0 Å². The summed E-state index contributed by atoms with van der Waals surface area (Å²) in [5.41, 5.74) is 3.82. The molecule has 3 aliphatic heterocycles. The van der Waals surface area contributed by atoms with Crippen LogP contribution in [0, 0.1) is 12.7 Å². The zero-order valence-corrected chi connectivity index (χ0v) is 20.4. The second-order valence-corrected chi connectivity index (χ2v) is 10.3. The van der Waals surface area contributed by atoms with Crippen LogP contribution in [0.25, 0.3) is 0 Å². The fourth-order valence-corrected chi connectivity index (χ4v) is 7.02. The Balaban J connectivity index is 1.78. The van der Waals surface area contributed by atoms with E-state index in [1.807, 2.05) is 6.92 Å². The van der Waals surface area contributed by atoms with Crippen molar-refractivity contribution in [1.29, 1.82) is 0 Å². The molecule has 36 heavy (non-hydrogen) atoms. The van der Waals surface area contributed by atoms with Crippen LogP contribution in [-0.2, 0) is 19.7 Å². The summed E-state index contributed by atoms with van der Waals surface area (Å²) in [6.45, 7) is 5.21. The fourth-order valence-electron chi connectivity index (χ4n) is 7.02. The second kappa shape index (κ2) is 7.44. The number of carbonyl (C=O) groups excluding carboxylic acids is 2. The molecule has 2 unspecified atom stereocenters. The van der Waals surface area contributed by atoms with Gasteiger partial charge in [-0.15, -0.1) is 0 Å². The van der Waals surface area contributed by atoms with Crippen molar-refractivity contribution in [1.82, 2.24) is 0 Å². The molecular weight excluding hydrogens is 467 g/mol. The Morgan fingerprint density at radius 3 is 2.67 bits per heavy atom. The molecular formula is C27H27FN2O6. The van der Waals surface area contributed by atoms with Gasteiger partial charge in [0, 0.05) is 17.2 Å². The molecule has 1 amide bonds. The van der Waals surface area contributed by atoms with E-state index in [4.69, 9.17) is 19.6 Å². The number of anilines is 1. The molecule has 1 saturated carbocycles. The number of nitrogens with zero attached hydrogens (tertiary/aromatic N) is 1. The molecule has 188 valence electrons. The molecule has 6 rings (SSSR count). The van der Waals surface area contributed by atoms with E-state index in [-0.39, 0.29) is 46.6 Å². The Bertz CT molecular complexity index is 1440. The molecule has 9 heteroatoms. The maximum absolute atomic E-state index is 15.3. The predicted molar refractivity (Wildman–Crippen MR) is 127 cm³/mol. The van der Waals surface area contributed by atoms with E-state index in [0.29, 0.717) is 17.7 Å². The number of rotatable bonds is 2. The Kier molecular flexibility index (Phi) is 4.72. The largest absolute Gasteiger partial charge is 0.462 e. The summed E-state index contributed by atoms with van der Waals surface area (Å²) >= 11 is 0. The van der Waals surface area contributed by atoms with Crippen LogP contribution in [0.3, 0.4) is 0 Å². The molecule has 4 aliphatic rings. The Morgan fingerprint density at radius 2 is 1.97 bits per heavy atom. The highest BCUT2D eigenvalue weighted by molar-refractivity contribution is 6.20. The summed E-state index contributed by atoms with van der Waals surface area (Å²) in [4.78, 5) is 43.5. The maximum atomic E-state index is 15.3. The van der Waals surface area contributed by atoms with Gasteiger partial charge in [0.15, 0.2) is 0 Å². The Hall–Kier alpha value is -3.62. The zero-order valence-electron chi connectivity index (χ0n) is 20.4. The molecule has 1 aromatic heterocycles.